The summed E-state index contributed by atoms with van der Waals surface area (Å²) in [5.41, 5.74) is 2.37. The van der Waals surface area contributed by atoms with Crippen LogP contribution in [0.5, 0.6) is 11.5 Å². The zero-order valence-corrected chi connectivity index (χ0v) is 17.6. The van der Waals surface area contributed by atoms with E-state index < -0.39 is 0 Å². The van der Waals surface area contributed by atoms with E-state index in [1.54, 1.807) is 25.6 Å². The topological polar surface area (TPSA) is 67.5 Å². The van der Waals surface area contributed by atoms with Gasteiger partial charge >= 0.3 is 0 Å². The van der Waals surface area contributed by atoms with Gasteiger partial charge in [0.05, 0.1) is 26.2 Å². The van der Waals surface area contributed by atoms with Gasteiger partial charge in [-0.15, -0.1) is 11.3 Å². The van der Waals surface area contributed by atoms with Gasteiger partial charge in [-0.2, -0.15) is 0 Å². The van der Waals surface area contributed by atoms with Crippen LogP contribution in [0.1, 0.15) is 47.1 Å². The summed E-state index contributed by atoms with van der Waals surface area (Å²) in [5, 5.41) is 0.818. The molecule has 1 saturated heterocycles. The molecule has 1 atom stereocenters. The lowest BCUT2D eigenvalue weighted by molar-refractivity contribution is 0.236. The molecule has 3 heterocycles. The molecule has 2 aromatic heterocycles. The summed E-state index contributed by atoms with van der Waals surface area (Å²) in [6.07, 6.45) is 5.38. The van der Waals surface area contributed by atoms with Gasteiger partial charge in [-0.25, -0.2) is 4.98 Å². The number of hydrogen-bond donors (Lipinski definition) is 1. The third kappa shape index (κ3) is 3.22. The molecule has 6 nitrogen and oxygen atoms in total. The first-order chi connectivity index (χ1) is 14.2. The van der Waals surface area contributed by atoms with Gasteiger partial charge < -0.3 is 14.5 Å². The minimum atomic E-state index is 0.0131. The zero-order chi connectivity index (χ0) is 20.0. The van der Waals surface area contributed by atoms with Crippen molar-refractivity contribution >= 4 is 21.6 Å². The average molecular weight is 412 g/mol. The van der Waals surface area contributed by atoms with Crippen molar-refractivity contribution in [1.29, 1.82) is 0 Å². The van der Waals surface area contributed by atoms with E-state index in [-0.39, 0.29) is 11.6 Å². The highest BCUT2D eigenvalue weighted by atomic mass is 32.1. The fourth-order valence-electron chi connectivity index (χ4n) is 4.78. The van der Waals surface area contributed by atoms with Crippen molar-refractivity contribution in [2.45, 2.75) is 44.7 Å². The molecule has 7 heteroatoms. The fraction of sp³-hybridized carbons (Fsp3) is 0.455. The minimum absolute atomic E-state index is 0.0131. The average Bonchev–Trinajstić information content (AvgIpc) is 3.43. The molecule has 3 aromatic rings. The summed E-state index contributed by atoms with van der Waals surface area (Å²) in [5.74, 6) is 2.44. The predicted molar refractivity (Wildman–Crippen MR) is 114 cm³/mol. The van der Waals surface area contributed by atoms with Gasteiger partial charge in [-0.05, 0) is 62.4 Å². The standard InChI is InChI=1S/C22H25N3O3S/c1-27-13-8-9-17(28-2)15(11-13)16-6-4-10-25(16)12-19-23-21(26)20-14-5-3-7-18(14)29-22(20)24-19/h8-9,11,16H,3-7,10,12H2,1-2H3,(H,23,24,26). The molecule has 29 heavy (non-hydrogen) atoms. The zero-order valence-electron chi connectivity index (χ0n) is 16.8. The number of hydrogen-bond acceptors (Lipinski definition) is 6. The number of thiophene rings is 1. The second-order valence-corrected chi connectivity index (χ2v) is 8.87. The number of aromatic amines is 1. The smallest absolute Gasteiger partial charge is 0.259 e. The highest BCUT2D eigenvalue weighted by molar-refractivity contribution is 7.18. The summed E-state index contributed by atoms with van der Waals surface area (Å²) in [4.78, 5) is 25.3. The van der Waals surface area contributed by atoms with Crippen LogP contribution in [0, 0.1) is 0 Å². The van der Waals surface area contributed by atoms with Crippen LogP contribution in [-0.4, -0.2) is 35.6 Å². The normalized spacial score (nSPS) is 19.0. The maximum Gasteiger partial charge on any atom is 0.259 e. The van der Waals surface area contributed by atoms with E-state index in [0.29, 0.717) is 6.54 Å². The van der Waals surface area contributed by atoms with Gasteiger partial charge in [0.25, 0.3) is 5.56 Å². The molecule has 152 valence electrons. The van der Waals surface area contributed by atoms with Gasteiger partial charge in [-0.1, -0.05) is 0 Å². The third-order valence-electron chi connectivity index (χ3n) is 6.14. The van der Waals surface area contributed by atoms with E-state index >= 15 is 0 Å². The van der Waals surface area contributed by atoms with Crippen LogP contribution in [0.3, 0.4) is 0 Å². The number of H-pyrrole nitrogens is 1. The van der Waals surface area contributed by atoms with Crippen molar-refractivity contribution in [2.75, 3.05) is 20.8 Å². The molecule has 1 aliphatic carbocycles. The lowest BCUT2D eigenvalue weighted by Gasteiger charge is -2.26. The minimum Gasteiger partial charge on any atom is -0.497 e. The summed E-state index contributed by atoms with van der Waals surface area (Å²) in [7, 11) is 3.38. The third-order valence-corrected chi connectivity index (χ3v) is 7.32. The molecule has 0 radical (unpaired) electrons. The van der Waals surface area contributed by atoms with Crippen LogP contribution in [0.15, 0.2) is 23.0 Å². The van der Waals surface area contributed by atoms with Crippen molar-refractivity contribution in [1.82, 2.24) is 14.9 Å². The number of nitrogens with one attached hydrogen (secondary N) is 1. The maximum atomic E-state index is 12.8. The Balaban J connectivity index is 1.47. The van der Waals surface area contributed by atoms with Crippen molar-refractivity contribution in [3.63, 3.8) is 0 Å². The molecular formula is C22H25N3O3S. The van der Waals surface area contributed by atoms with Gasteiger partial charge in [0.2, 0.25) is 0 Å². The molecular weight excluding hydrogens is 386 g/mol. The molecule has 5 rings (SSSR count). The van der Waals surface area contributed by atoms with E-state index in [4.69, 9.17) is 14.5 Å². The molecule has 2 aliphatic rings. The Kier molecular flexibility index (Phi) is 4.80. The van der Waals surface area contributed by atoms with Gasteiger partial charge in [0.15, 0.2) is 0 Å². The van der Waals surface area contributed by atoms with Crippen molar-refractivity contribution in [3.8, 4) is 11.5 Å². The Labute approximate surface area is 173 Å². The Bertz CT molecular complexity index is 1120. The summed E-state index contributed by atoms with van der Waals surface area (Å²) in [6.45, 7) is 1.59. The second kappa shape index (κ2) is 7.46. The van der Waals surface area contributed by atoms with E-state index in [1.807, 2.05) is 12.1 Å². The lowest BCUT2D eigenvalue weighted by Crippen LogP contribution is -2.26. The molecule has 1 fully saturated rings. The van der Waals surface area contributed by atoms with E-state index in [9.17, 15) is 4.79 Å². The van der Waals surface area contributed by atoms with E-state index in [0.717, 1.165) is 71.8 Å². The Hall–Kier alpha value is -2.38. The SMILES string of the molecule is COc1ccc(OC)c(C2CCCN2Cc2nc3sc4c(c3c(=O)[nH]2)CCC4)c1. The molecule has 1 aliphatic heterocycles. The second-order valence-electron chi connectivity index (χ2n) is 7.79. The number of methoxy groups -OCH3 is 2. The van der Waals surface area contributed by atoms with Gasteiger partial charge in [-0.3, -0.25) is 9.69 Å². The van der Waals surface area contributed by atoms with Crippen LogP contribution in [0.4, 0.5) is 0 Å². The number of rotatable bonds is 5. The van der Waals surface area contributed by atoms with Crippen LogP contribution >= 0.6 is 11.3 Å². The Morgan fingerprint density at radius 3 is 2.97 bits per heavy atom. The monoisotopic (exact) mass is 411 g/mol. The number of likely N-dealkylation sites (tertiary alicyclic amines) is 1. The summed E-state index contributed by atoms with van der Waals surface area (Å²) in [6, 6.07) is 6.16. The first kappa shape index (κ1) is 18.6. The Morgan fingerprint density at radius 1 is 1.24 bits per heavy atom. The van der Waals surface area contributed by atoms with E-state index in [1.165, 1.54) is 10.4 Å². The van der Waals surface area contributed by atoms with Crippen LogP contribution in [0.25, 0.3) is 10.2 Å². The number of aryl methyl sites for hydroxylation is 2. The molecule has 0 bridgehead atoms. The summed E-state index contributed by atoms with van der Waals surface area (Å²) < 4.78 is 11.0. The molecule has 1 unspecified atom stereocenters. The van der Waals surface area contributed by atoms with Crippen molar-refractivity contribution < 1.29 is 9.47 Å². The number of benzene rings is 1. The van der Waals surface area contributed by atoms with Gasteiger partial charge in [0.1, 0.15) is 22.2 Å². The number of fused-ring (bicyclic) bond motifs is 3. The van der Waals surface area contributed by atoms with Gasteiger partial charge in [0, 0.05) is 16.5 Å². The lowest BCUT2D eigenvalue weighted by atomic mass is 10.0. The van der Waals surface area contributed by atoms with Crippen LogP contribution in [0.2, 0.25) is 0 Å². The van der Waals surface area contributed by atoms with Crippen molar-refractivity contribution in [3.05, 3.63) is 50.4 Å². The number of ether oxygens (including phenoxy) is 2. The largest absolute Gasteiger partial charge is 0.497 e. The maximum absolute atomic E-state index is 12.8. The fourth-order valence-corrected chi connectivity index (χ4v) is 6.06. The Morgan fingerprint density at radius 2 is 2.14 bits per heavy atom. The summed E-state index contributed by atoms with van der Waals surface area (Å²) >= 11 is 1.69. The van der Waals surface area contributed by atoms with E-state index in [2.05, 4.69) is 16.0 Å². The highest BCUT2D eigenvalue weighted by Crippen LogP contribution is 2.40. The molecule has 0 amide bonds. The predicted octanol–water partition coefficient (Wildman–Crippen LogP) is 3.83. The number of aromatic nitrogens is 2. The molecule has 1 N–H and O–H groups in total. The highest BCUT2D eigenvalue weighted by Gasteiger charge is 2.30. The molecule has 0 saturated carbocycles. The quantitative estimate of drug-likeness (QED) is 0.691. The number of nitrogens with zero attached hydrogens (tertiary/aromatic N) is 2. The van der Waals surface area contributed by atoms with Crippen molar-refractivity contribution in [2.24, 2.45) is 0 Å². The molecule has 0 spiro atoms. The molecule has 1 aromatic carbocycles. The first-order valence-corrected chi connectivity index (χ1v) is 11.0. The van der Waals surface area contributed by atoms with Crippen LogP contribution in [-0.2, 0) is 19.4 Å². The van der Waals surface area contributed by atoms with Crippen LogP contribution < -0.4 is 15.0 Å². The first-order valence-electron chi connectivity index (χ1n) is 10.2.